The average molecular weight is 255 g/mol. The fourth-order valence-electron chi connectivity index (χ4n) is 1.99. The van der Waals surface area contributed by atoms with E-state index in [9.17, 15) is 9.59 Å². The molecule has 0 aliphatic carbocycles. The van der Waals surface area contributed by atoms with Crippen LogP contribution in [0.1, 0.15) is 34.1 Å². The van der Waals surface area contributed by atoms with E-state index in [4.69, 9.17) is 0 Å². The number of hydrogen-bond donors (Lipinski definition) is 1. The van der Waals surface area contributed by atoms with Crippen molar-refractivity contribution in [2.24, 2.45) is 5.41 Å². The van der Waals surface area contributed by atoms with Crippen LogP contribution in [0.15, 0.2) is 0 Å². The number of nitrogens with one attached hydrogen (secondary N) is 1. The maximum Gasteiger partial charge on any atom is 0.317 e. The molecule has 1 N–H and O–H groups in total. The molecule has 1 aliphatic heterocycles. The van der Waals surface area contributed by atoms with Gasteiger partial charge < -0.3 is 15.1 Å². The van der Waals surface area contributed by atoms with E-state index in [1.807, 2.05) is 11.8 Å². The number of nitrogens with zero attached hydrogens (tertiary/aromatic N) is 2. The molecule has 1 rings (SSSR count). The van der Waals surface area contributed by atoms with E-state index in [0.29, 0.717) is 39.1 Å². The molecule has 0 atom stereocenters. The van der Waals surface area contributed by atoms with Crippen LogP contribution in [-0.4, -0.2) is 54.5 Å². The summed E-state index contributed by atoms with van der Waals surface area (Å²) in [7, 11) is 0. The van der Waals surface area contributed by atoms with Crippen LogP contribution in [0.3, 0.4) is 0 Å². The van der Waals surface area contributed by atoms with Crippen molar-refractivity contribution in [2.75, 3.05) is 32.7 Å². The van der Waals surface area contributed by atoms with Gasteiger partial charge in [0.2, 0.25) is 5.91 Å². The zero-order chi connectivity index (χ0) is 13.8. The molecule has 104 valence electrons. The fourth-order valence-corrected chi connectivity index (χ4v) is 1.99. The van der Waals surface area contributed by atoms with Crippen molar-refractivity contribution < 1.29 is 9.59 Å². The van der Waals surface area contributed by atoms with E-state index < -0.39 is 0 Å². The van der Waals surface area contributed by atoms with Crippen LogP contribution >= 0.6 is 0 Å². The molecule has 0 aromatic rings. The van der Waals surface area contributed by atoms with Crippen LogP contribution in [0.5, 0.6) is 0 Å². The summed E-state index contributed by atoms with van der Waals surface area (Å²) in [6.45, 7) is 11.3. The van der Waals surface area contributed by atoms with Gasteiger partial charge in [-0.3, -0.25) is 4.79 Å². The molecule has 18 heavy (non-hydrogen) atoms. The van der Waals surface area contributed by atoms with Crippen LogP contribution in [0, 0.1) is 5.41 Å². The van der Waals surface area contributed by atoms with Crippen LogP contribution in [0.25, 0.3) is 0 Å². The van der Waals surface area contributed by atoms with Gasteiger partial charge in [-0.15, -0.1) is 0 Å². The Balaban J connectivity index is 2.39. The lowest BCUT2D eigenvalue weighted by Crippen LogP contribution is -2.53. The molecule has 0 radical (unpaired) electrons. The SMILES string of the molecule is CCNC(=O)N1CCN(C(=O)CC(C)(C)C)CC1. The molecule has 0 aromatic heterocycles. The van der Waals surface area contributed by atoms with Crippen molar-refractivity contribution in [3.05, 3.63) is 0 Å². The summed E-state index contributed by atoms with van der Waals surface area (Å²) < 4.78 is 0. The molecule has 1 heterocycles. The van der Waals surface area contributed by atoms with Gasteiger partial charge in [-0.05, 0) is 12.3 Å². The third kappa shape index (κ3) is 4.55. The first-order valence-corrected chi connectivity index (χ1v) is 6.64. The highest BCUT2D eigenvalue weighted by Gasteiger charge is 2.26. The zero-order valence-electron chi connectivity index (χ0n) is 12.0. The Morgan fingerprint density at radius 2 is 1.56 bits per heavy atom. The molecule has 1 saturated heterocycles. The highest BCUT2D eigenvalue weighted by molar-refractivity contribution is 5.78. The minimum Gasteiger partial charge on any atom is -0.339 e. The van der Waals surface area contributed by atoms with Gasteiger partial charge in [0.05, 0.1) is 0 Å². The Bertz CT molecular complexity index is 302. The Morgan fingerprint density at radius 3 is 2.00 bits per heavy atom. The number of urea groups is 1. The lowest BCUT2D eigenvalue weighted by Gasteiger charge is -2.35. The number of carbonyl (C=O) groups is 2. The van der Waals surface area contributed by atoms with Gasteiger partial charge in [0.1, 0.15) is 0 Å². The molecule has 1 aliphatic rings. The summed E-state index contributed by atoms with van der Waals surface area (Å²) in [5, 5.41) is 2.78. The summed E-state index contributed by atoms with van der Waals surface area (Å²) in [4.78, 5) is 27.3. The first-order valence-electron chi connectivity index (χ1n) is 6.64. The summed E-state index contributed by atoms with van der Waals surface area (Å²) in [5.41, 5.74) is 0.0216. The molecule has 5 nitrogen and oxygen atoms in total. The van der Waals surface area contributed by atoms with Gasteiger partial charge in [0, 0.05) is 39.1 Å². The summed E-state index contributed by atoms with van der Waals surface area (Å²) in [5.74, 6) is 0.193. The maximum absolute atomic E-state index is 12.0. The number of piperazine rings is 1. The van der Waals surface area contributed by atoms with Crippen molar-refractivity contribution in [1.29, 1.82) is 0 Å². The predicted molar refractivity (Wildman–Crippen MR) is 71.3 cm³/mol. The summed E-state index contributed by atoms with van der Waals surface area (Å²) in [6, 6.07) is -0.0274. The lowest BCUT2D eigenvalue weighted by molar-refractivity contribution is -0.134. The van der Waals surface area contributed by atoms with Crippen molar-refractivity contribution in [3.8, 4) is 0 Å². The van der Waals surface area contributed by atoms with E-state index >= 15 is 0 Å². The van der Waals surface area contributed by atoms with Gasteiger partial charge >= 0.3 is 6.03 Å². The van der Waals surface area contributed by atoms with Gasteiger partial charge in [-0.2, -0.15) is 0 Å². The Morgan fingerprint density at radius 1 is 1.06 bits per heavy atom. The predicted octanol–water partition coefficient (Wildman–Crippen LogP) is 1.30. The number of amides is 3. The summed E-state index contributed by atoms with van der Waals surface area (Å²) in [6.07, 6.45) is 0.564. The second kappa shape index (κ2) is 6.07. The minimum absolute atomic E-state index is 0.0216. The Hall–Kier alpha value is -1.26. The highest BCUT2D eigenvalue weighted by atomic mass is 16.2. The van der Waals surface area contributed by atoms with Gasteiger partial charge in [0.25, 0.3) is 0 Å². The molecule has 0 unspecified atom stereocenters. The third-order valence-electron chi connectivity index (χ3n) is 2.93. The number of carbonyl (C=O) groups excluding carboxylic acids is 2. The first kappa shape index (κ1) is 14.8. The normalized spacial score (nSPS) is 16.7. The van der Waals surface area contributed by atoms with Crippen molar-refractivity contribution in [2.45, 2.75) is 34.1 Å². The van der Waals surface area contributed by atoms with Gasteiger partial charge in [0.15, 0.2) is 0 Å². The Kier molecular flexibility index (Phi) is 4.99. The van der Waals surface area contributed by atoms with E-state index in [1.165, 1.54) is 0 Å². The first-order chi connectivity index (χ1) is 8.33. The quantitative estimate of drug-likeness (QED) is 0.808. The molecule has 0 saturated carbocycles. The highest BCUT2D eigenvalue weighted by Crippen LogP contribution is 2.20. The molecule has 5 heteroatoms. The van der Waals surface area contributed by atoms with E-state index in [-0.39, 0.29) is 17.4 Å². The third-order valence-corrected chi connectivity index (χ3v) is 2.93. The van der Waals surface area contributed by atoms with Crippen molar-refractivity contribution in [1.82, 2.24) is 15.1 Å². The number of hydrogen-bond acceptors (Lipinski definition) is 2. The molecular weight excluding hydrogens is 230 g/mol. The van der Waals surface area contributed by atoms with E-state index in [1.54, 1.807) is 4.90 Å². The van der Waals surface area contributed by atoms with Crippen LogP contribution in [-0.2, 0) is 4.79 Å². The van der Waals surface area contributed by atoms with Crippen molar-refractivity contribution >= 4 is 11.9 Å². The zero-order valence-corrected chi connectivity index (χ0v) is 12.0. The number of rotatable bonds is 2. The fraction of sp³-hybridized carbons (Fsp3) is 0.846. The molecule has 3 amide bonds. The topological polar surface area (TPSA) is 52.7 Å². The van der Waals surface area contributed by atoms with Crippen LogP contribution in [0.2, 0.25) is 0 Å². The minimum atomic E-state index is -0.0274. The molecule has 0 aromatic carbocycles. The maximum atomic E-state index is 12.0. The largest absolute Gasteiger partial charge is 0.339 e. The smallest absolute Gasteiger partial charge is 0.317 e. The van der Waals surface area contributed by atoms with E-state index in [2.05, 4.69) is 26.1 Å². The standard InChI is InChI=1S/C13H25N3O2/c1-5-14-12(18)16-8-6-15(7-9-16)11(17)10-13(2,3)4/h5-10H2,1-4H3,(H,14,18). The second-order valence-corrected chi connectivity index (χ2v) is 5.94. The van der Waals surface area contributed by atoms with E-state index in [0.717, 1.165) is 0 Å². The van der Waals surface area contributed by atoms with Gasteiger partial charge in [-0.25, -0.2) is 4.79 Å². The Labute approximate surface area is 110 Å². The molecule has 0 bridgehead atoms. The van der Waals surface area contributed by atoms with Gasteiger partial charge in [-0.1, -0.05) is 20.8 Å². The average Bonchev–Trinajstić information content (AvgIpc) is 2.27. The van der Waals surface area contributed by atoms with Crippen LogP contribution in [0.4, 0.5) is 4.79 Å². The summed E-state index contributed by atoms with van der Waals surface area (Å²) >= 11 is 0. The lowest BCUT2D eigenvalue weighted by atomic mass is 9.91. The monoisotopic (exact) mass is 255 g/mol. The second-order valence-electron chi connectivity index (χ2n) is 5.94. The molecule has 0 spiro atoms. The molecule has 1 fully saturated rings. The molecular formula is C13H25N3O2. The van der Waals surface area contributed by atoms with Crippen LogP contribution < -0.4 is 5.32 Å². The van der Waals surface area contributed by atoms with Crippen molar-refractivity contribution in [3.63, 3.8) is 0 Å².